The van der Waals surface area contributed by atoms with Crippen LogP contribution in [0.2, 0.25) is 0 Å². The molecule has 4 aromatic rings. The number of anilines is 1. The monoisotopic (exact) mass is 470 g/mol. The van der Waals surface area contributed by atoms with Gasteiger partial charge in [-0.2, -0.15) is 0 Å². The number of aryl methyl sites for hydroxylation is 2. The molecule has 1 amide bonds. The Balaban J connectivity index is 1.69. The minimum atomic E-state index is -1.13. The Morgan fingerprint density at radius 3 is 2.47 bits per heavy atom. The molecule has 1 fully saturated rings. The van der Waals surface area contributed by atoms with E-state index in [1.54, 1.807) is 4.90 Å². The number of nitrogens with zero attached hydrogens (tertiary/aromatic N) is 2. The Labute approximate surface area is 203 Å². The molecular weight excluding hydrogens is 444 g/mol. The quantitative estimate of drug-likeness (QED) is 0.353. The summed E-state index contributed by atoms with van der Waals surface area (Å²) in [7, 11) is 3.39. The van der Waals surface area contributed by atoms with Crippen LogP contribution < -0.4 is 4.90 Å². The van der Waals surface area contributed by atoms with Gasteiger partial charge in [0.2, 0.25) is 5.91 Å². The van der Waals surface area contributed by atoms with Crippen molar-refractivity contribution in [3.8, 4) is 0 Å². The number of thioether (sulfide) groups is 1. The van der Waals surface area contributed by atoms with E-state index in [-0.39, 0.29) is 12.3 Å². The summed E-state index contributed by atoms with van der Waals surface area (Å²) in [6, 6.07) is 25.3. The van der Waals surface area contributed by atoms with Gasteiger partial charge in [0.05, 0.1) is 19.6 Å². The van der Waals surface area contributed by atoms with Crippen LogP contribution in [0.25, 0.3) is 10.9 Å². The smallest absolute Gasteiger partial charge is 0.325 e. The highest BCUT2D eigenvalue weighted by Crippen LogP contribution is 2.54. The molecule has 0 bridgehead atoms. The average Bonchev–Trinajstić information content (AvgIpc) is 3.37. The van der Waals surface area contributed by atoms with Crippen LogP contribution in [0.3, 0.4) is 0 Å². The maximum atomic E-state index is 13.7. The molecule has 0 unspecified atom stereocenters. The summed E-state index contributed by atoms with van der Waals surface area (Å²) in [6.07, 6.45) is 2.05. The van der Waals surface area contributed by atoms with Crippen LogP contribution in [-0.2, 0) is 21.4 Å². The first-order valence-corrected chi connectivity index (χ1v) is 12.0. The lowest BCUT2D eigenvalue weighted by Gasteiger charge is -2.35. The lowest BCUT2D eigenvalue weighted by molar-refractivity contribution is -0.144. The molecule has 0 spiro atoms. The number of carbonyl (C=O) groups is 2. The molecule has 2 heterocycles. The summed E-state index contributed by atoms with van der Waals surface area (Å²) >= 11 is 1.41. The number of ether oxygens (including phenoxy) is 1. The molecular formula is C28H26N2O3S. The van der Waals surface area contributed by atoms with E-state index in [4.69, 9.17) is 4.74 Å². The van der Waals surface area contributed by atoms with Crippen molar-refractivity contribution in [3.63, 3.8) is 0 Å². The Bertz CT molecular complexity index is 1360. The Morgan fingerprint density at radius 2 is 1.76 bits per heavy atom. The molecule has 5 nitrogen and oxygen atoms in total. The third-order valence-electron chi connectivity index (χ3n) is 6.50. The largest absolute Gasteiger partial charge is 0.468 e. The van der Waals surface area contributed by atoms with Crippen LogP contribution in [-0.4, -0.2) is 28.3 Å². The second-order valence-electron chi connectivity index (χ2n) is 8.72. The number of rotatable bonds is 5. The highest BCUT2D eigenvalue weighted by Gasteiger charge is 2.59. The van der Waals surface area contributed by atoms with Gasteiger partial charge in [-0.05, 0) is 48.9 Å². The number of methoxy groups -OCH3 is 1. The molecule has 1 aliphatic rings. The van der Waals surface area contributed by atoms with E-state index in [2.05, 4.69) is 0 Å². The van der Waals surface area contributed by atoms with Crippen molar-refractivity contribution in [2.24, 2.45) is 7.05 Å². The minimum Gasteiger partial charge on any atom is -0.468 e. The third kappa shape index (κ3) is 3.68. The molecule has 0 N–H and O–H groups in total. The van der Waals surface area contributed by atoms with E-state index in [0.717, 1.165) is 32.6 Å². The summed E-state index contributed by atoms with van der Waals surface area (Å²) in [5, 5.41) is 1.04. The van der Waals surface area contributed by atoms with Crippen molar-refractivity contribution in [2.45, 2.75) is 29.0 Å². The van der Waals surface area contributed by atoms with E-state index >= 15 is 0 Å². The number of hydrogen-bond donors (Lipinski definition) is 0. The summed E-state index contributed by atoms with van der Waals surface area (Å²) in [5.41, 5.74) is 3.88. The van der Waals surface area contributed by atoms with Crippen molar-refractivity contribution >= 4 is 40.2 Å². The molecule has 5 rings (SSSR count). The number of amides is 1. The van der Waals surface area contributed by atoms with Crippen molar-refractivity contribution in [1.82, 2.24) is 4.57 Å². The summed E-state index contributed by atoms with van der Waals surface area (Å²) < 4.78 is 6.27. The van der Waals surface area contributed by atoms with Gasteiger partial charge in [0.25, 0.3) is 0 Å². The summed E-state index contributed by atoms with van der Waals surface area (Å²) in [5.74, 6) is -0.502. The average molecular weight is 471 g/mol. The normalized spacial score (nSPS) is 20.1. The van der Waals surface area contributed by atoms with E-state index in [9.17, 15) is 9.59 Å². The zero-order chi connectivity index (χ0) is 23.9. The molecule has 172 valence electrons. The lowest BCUT2D eigenvalue weighted by atomic mass is 9.92. The number of benzene rings is 3. The molecule has 2 atom stereocenters. The standard InChI is InChI=1S/C28H26N2O3S/c1-19-9-12-23(13-10-19)34-28(27(32)33-3)18-25(31)30(26(28)20-7-5-4-6-8-20)22-11-14-24-21(17-22)15-16-29(24)2/h4-17,26H,18H2,1-3H3/t26-,28-/m1/s1. The number of hydrogen-bond acceptors (Lipinski definition) is 4. The van der Waals surface area contributed by atoms with Gasteiger partial charge in [0.15, 0.2) is 4.75 Å². The minimum absolute atomic E-state index is 0.0462. The van der Waals surface area contributed by atoms with Gasteiger partial charge in [-0.3, -0.25) is 9.59 Å². The zero-order valence-corrected chi connectivity index (χ0v) is 20.2. The zero-order valence-electron chi connectivity index (χ0n) is 19.4. The second-order valence-corrected chi connectivity index (χ2v) is 10.1. The van der Waals surface area contributed by atoms with Crippen LogP contribution in [0.15, 0.2) is 90.0 Å². The number of esters is 1. The Hall–Kier alpha value is -3.51. The van der Waals surface area contributed by atoms with Crippen molar-refractivity contribution in [2.75, 3.05) is 12.0 Å². The molecule has 1 saturated heterocycles. The van der Waals surface area contributed by atoms with E-state index in [1.807, 2.05) is 104 Å². The highest BCUT2D eigenvalue weighted by atomic mass is 32.2. The Kier molecular flexibility index (Phi) is 5.70. The van der Waals surface area contributed by atoms with Gasteiger partial charge in [-0.25, -0.2) is 0 Å². The Morgan fingerprint density at radius 1 is 1.03 bits per heavy atom. The highest BCUT2D eigenvalue weighted by molar-refractivity contribution is 8.01. The second kappa shape index (κ2) is 8.69. The van der Waals surface area contributed by atoms with Crippen molar-refractivity contribution in [1.29, 1.82) is 0 Å². The maximum absolute atomic E-state index is 13.7. The van der Waals surface area contributed by atoms with Crippen molar-refractivity contribution < 1.29 is 14.3 Å². The fourth-order valence-corrected chi connectivity index (χ4v) is 6.24. The fourth-order valence-electron chi connectivity index (χ4n) is 4.83. The number of fused-ring (bicyclic) bond motifs is 1. The molecule has 0 radical (unpaired) electrons. The van der Waals surface area contributed by atoms with Gasteiger partial charge in [-0.15, -0.1) is 11.8 Å². The molecule has 1 aromatic heterocycles. The van der Waals surface area contributed by atoms with E-state index in [0.29, 0.717) is 0 Å². The third-order valence-corrected chi connectivity index (χ3v) is 7.90. The first-order chi connectivity index (χ1) is 16.4. The lowest BCUT2D eigenvalue weighted by Crippen LogP contribution is -2.42. The van der Waals surface area contributed by atoms with Crippen LogP contribution in [0.1, 0.15) is 23.6 Å². The fraction of sp³-hybridized carbons (Fsp3) is 0.214. The summed E-state index contributed by atoms with van der Waals surface area (Å²) in [4.78, 5) is 29.9. The van der Waals surface area contributed by atoms with Crippen molar-refractivity contribution in [3.05, 3.63) is 96.2 Å². The predicted molar refractivity (Wildman–Crippen MR) is 136 cm³/mol. The van der Waals surface area contributed by atoms with Crippen LogP contribution in [0, 0.1) is 6.92 Å². The van der Waals surface area contributed by atoms with Gasteiger partial charge in [-0.1, -0.05) is 48.0 Å². The topological polar surface area (TPSA) is 51.5 Å². The van der Waals surface area contributed by atoms with E-state index < -0.39 is 16.8 Å². The van der Waals surface area contributed by atoms with Gasteiger partial charge < -0.3 is 14.2 Å². The van der Waals surface area contributed by atoms with E-state index in [1.165, 1.54) is 18.9 Å². The molecule has 3 aromatic carbocycles. The van der Waals surface area contributed by atoms with Gasteiger partial charge >= 0.3 is 5.97 Å². The summed E-state index contributed by atoms with van der Waals surface area (Å²) in [6.45, 7) is 2.03. The number of carbonyl (C=O) groups excluding carboxylic acids is 2. The van der Waals surface area contributed by atoms with Crippen LogP contribution in [0.4, 0.5) is 5.69 Å². The molecule has 6 heteroatoms. The number of aromatic nitrogens is 1. The molecule has 0 aliphatic carbocycles. The van der Waals surface area contributed by atoms with Crippen LogP contribution >= 0.6 is 11.8 Å². The first kappa shape index (κ1) is 22.3. The SMILES string of the molecule is COC(=O)[C@@]1(Sc2ccc(C)cc2)CC(=O)N(c2ccc3c(ccn3C)c2)[C@@H]1c1ccccc1. The van der Waals surface area contributed by atoms with Crippen LogP contribution in [0.5, 0.6) is 0 Å². The maximum Gasteiger partial charge on any atom is 0.325 e. The molecule has 34 heavy (non-hydrogen) atoms. The molecule has 0 saturated carbocycles. The molecule has 1 aliphatic heterocycles. The predicted octanol–water partition coefficient (Wildman–Crippen LogP) is 5.67. The van der Waals surface area contributed by atoms with Gasteiger partial charge in [0, 0.05) is 34.7 Å². The van der Waals surface area contributed by atoms with Gasteiger partial charge in [0.1, 0.15) is 0 Å². The first-order valence-electron chi connectivity index (χ1n) is 11.2.